The zero-order valence-electron chi connectivity index (χ0n) is 22.7. The first-order valence-electron chi connectivity index (χ1n) is 13.2. The number of aromatic nitrogens is 4. The van der Waals surface area contributed by atoms with E-state index in [1.807, 2.05) is 66.3 Å². The van der Waals surface area contributed by atoms with Gasteiger partial charge in [0.05, 0.1) is 38.7 Å². The van der Waals surface area contributed by atoms with Crippen molar-refractivity contribution in [3.8, 4) is 22.4 Å². The Kier molecular flexibility index (Phi) is 3.11. The summed E-state index contributed by atoms with van der Waals surface area (Å²) in [5, 5.41) is 0. The monoisotopic (exact) mass is 446 g/mol. The number of aryl methyl sites for hydroxylation is 3. The molecule has 0 bridgehead atoms. The maximum atomic E-state index is 8.48. The van der Waals surface area contributed by atoms with E-state index in [0.29, 0.717) is 5.56 Å². The minimum absolute atomic E-state index is 0.359. The first kappa shape index (κ1) is 16.7. The van der Waals surface area contributed by atoms with Gasteiger partial charge in [-0.25, -0.2) is 9.55 Å². The van der Waals surface area contributed by atoms with Crippen LogP contribution in [-0.2, 0) is 12.6 Å². The first-order chi connectivity index (χ1) is 17.6. The molecule has 0 radical (unpaired) electrons. The van der Waals surface area contributed by atoms with Crippen LogP contribution >= 0.6 is 0 Å². The molecule has 4 heterocycles. The molecule has 166 valence electrons. The van der Waals surface area contributed by atoms with Gasteiger partial charge in [0.2, 0.25) is 11.5 Å². The molecule has 6 aromatic rings. The summed E-state index contributed by atoms with van der Waals surface area (Å²) < 4.78 is 32.0. The summed E-state index contributed by atoms with van der Waals surface area (Å²) in [5.41, 5.74) is 10.0. The molecule has 1 aliphatic rings. The molecule has 0 N–H and O–H groups in total. The number of imidazole rings is 2. The number of benzene rings is 3. The third-order valence-electron chi connectivity index (χ3n) is 7.47. The van der Waals surface area contributed by atoms with Crippen molar-refractivity contribution < 1.29 is 8.68 Å². The van der Waals surface area contributed by atoms with Gasteiger partial charge in [0.1, 0.15) is 7.05 Å². The van der Waals surface area contributed by atoms with Crippen molar-refractivity contribution >= 4 is 27.8 Å². The molecule has 7 rings (SSSR count). The van der Waals surface area contributed by atoms with Crippen molar-refractivity contribution in [3.05, 3.63) is 89.6 Å². The smallest absolute Gasteiger partial charge is 0.220 e. The van der Waals surface area contributed by atoms with Gasteiger partial charge in [-0.3, -0.25) is 8.97 Å². The van der Waals surface area contributed by atoms with Gasteiger partial charge in [-0.05, 0) is 56.9 Å². The Morgan fingerprint density at radius 3 is 2.44 bits per heavy atom. The summed E-state index contributed by atoms with van der Waals surface area (Å²) in [6.45, 7) is 4.23. The molecular weight excluding hydrogens is 416 g/mol. The van der Waals surface area contributed by atoms with Crippen LogP contribution in [0.15, 0.2) is 72.9 Å². The SMILES string of the molecule is [2H]C([2H])([2H])c1c[n+](C)c2c(c1-c1ccccc1)C(C)(C)n1c3c-2c(C)ccc3n2c3ccccc3nc12. The predicted molar refractivity (Wildman–Crippen MR) is 138 cm³/mol. The van der Waals surface area contributed by atoms with E-state index in [9.17, 15) is 0 Å². The molecule has 3 aromatic heterocycles. The van der Waals surface area contributed by atoms with Gasteiger partial charge in [-0.1, -0.05) is 48.5 Å². The number of hydrogen-bond acceptors (Lipinski definition) is 1. The molecule has 0 atom stereocenters. The Morgan fingerprint density at radius 1 is 0.882 bits per heavy atom. The van der Waals surface area contributed by atoms with Crippen molar-refractivity contribution in [1.29, 1.82) is 0 Å². The second-order valence-electron chi connectivity index (χ2n) is 9.87. The van der Waals surface area contributed by atoms with E-state index in [1.54, 1.807) is 0 Å². The maximum Gasteiger partial charge on any atom is 0.220 e. The molecule has 0 spiro atoms. The van der Waals surface area contributed by atoms with Crippen LogP contribution in [0.2, 0.25) is 0 Å². The molecule has 0 saturated carbocycles. The van der Waals surface area contributed by atoms with Gasteiger partial charge < -0.3 is 0 Å². The van der Waals surface area contributed by atoms with Crippen LogP contribution in [-0.4, -0.2) is 14.0 Å². The van der Waals surface area contributed by atoms with Crippen molar-refractivity contribution in [3.63, 3.8) is 0 Å². The second-order valence-corrected chi connectivity index (χ2v) is 9.87. The normalized spacial score (nSPS) is 15.9. The maximum absolute atomic E-state index is 8.48. The van der Waals surface area contributed by atoms with E-state index < -0.39 is 12.4 Å². The molecule has 0 aliphatic carbocycles. The summed E-state index contributed by atoms with van der Waals surface area (Å²) in [4.78, 5) is 5.10. The Hall–Kier alpha value is -3.92. The molecule has 0 unspecified atom stereocenters. The highest BCUT2D eigenvalue weighted by molar-refractivity contribution is 6.02. The van der Waals surface area contributed by atoms with Gasteiger partial charge in [0.15, 0.2) is 6.20 Å². The number of pyridine rings is 1. The minimum atomic E-state index is -2.27. The Morgan fingerprint density at radius 2 is 1.65 bits per heavy atom. The lowest BCUT2D eigenvalue weighted by Crippen LogP contribution is -2.41. The molecule has 4 nitrogen and oxygen atoms in total. The zero-order valence-corrected chi connectivity index (χ0v) is 19.7. The summed E-state index contributed by atoms with van der Waals surface area (Å²) in [6, 6.07) is 22.5. The standard InChI is InChI=1S/C30H27N4/c1-18-15-16-23-27-25(18)28-26(24(19(2)17-32(28)5)20-11-7-6-8-12-20)30(3,4)34(27)29-31-21-13-9-10-14-22(21)33(23)29/h6-17H,1-5H3/q+1/i2D3. The van der Waals surface area contributed by atoms with Gasteiger partial charge in [0, 0.05) is 15.2 Å². The van der Waals surface area contributed by atoms with Crippen LogP contribution in [0, 0.1) is 13.8 Å². The molecule has 0 saturated heterocycles. The Bertz CT molecular complexity index is 1910. The van der Waals surface area contributed by atoms with Crippen molar-refractivity contribution in [2.24, 2.45) is 7.05 Å². The Labute approximate surface area is 202 Å². The van der Waals surface area contributed by atoms with Crippen LogP contribution < -0.4 is 4.57 Å². The van der Waals surface area contributed by atoms with E-state index in [0.717, 1.165) is 61.4 Å². The fourth-order valence-corrected chi connectivity index (χ4v) is 6.08. The highest BCUT2D eigenvalue weighted by atomic mass is 15.2. The molecule has 34 heavy (non-hydrogen) atoms. The summed E-state index contributed by atoms with van der Waals surface area (Å²) >= 11 is 0. The van der Waals surface area contributed by atoms with Crippen molar-refractivity contribution in [1.82, 2.24) is 14.0 Å². The van der Waals surface area contributed by atoms with Crippen molar-refractivity contribution in [2.45, 2.75) is 33.2 Å². The molecule has 0 amide bonds. The van der Waals surface area contributed by atoms with Crippen LogP contribution in [0.25, 0.3) is 50.2 Å². The molecule has 3 aromatic carbocycles. The second kappa shape index (κ2) is 6.35. The average Bonchev–Trinajstić information content (AvgIpc) is 3.38. The number of fused-ring (bicyclic) bond motifs is 7. The third-order valence-corrected chi connectivity index (χ3v) is 7.47. The van der Waals surface area contributed by atoms with Crippen LogP contribution in [0.1, 0.15) is 34.7 Å². The van der Waals surface area contributed by atoms with E-state index >= 15 is 0 Å². The van der Waals surface area contributed by atoms with E-state index in [4.69, 9.17) is 9.10 Å². The highest BCUT2D eigenvalue weighted by Gasteiger charge is 2.44. The predicted octanol–water partition coefficient (Wildman–Crippen LogP) is 6.31. The minimum Gasteiger partial charge on any atom is -0.299 e. The van der Waals surface area contributed by atoms with Gasteiger partial charge in [-0.2, -0.15) is 0 Å². The first-order valence-corrected chi connectivity index (χ1v) is 11.7. The highest BCUT2D eigenvalue weighted by Crippen LogP contribution is 2.50. The summed E-state index contributed by atoms with van der Waals surface area (Å²) in [6.07, 6.45) is 1.81. The number of para-hydroxylation sites is 2. The van der Waals surface area contributed by atoms with E-state index in [-0.39, 0.29) is 0 Å². The lowest BCUT2D eigenvalue weighted by molar-refractivity contribution is -0.661. The largest absolute Gasteiger partial charge is 0.299 e. The van der Waals surface area contributed by atoms with Crippen LogP contribution in [0.5, 0.6) is 0 Å². The lowest BCUT2D eigenvalue weighted by atomic mass is 9.78. The lowest BCUT2D eigenvalue weighted by Gasteiger charge is -2.35. The third kappa shape index (κ3) is 2.23. The molecular formula is C30H27N4+. The zero-order chi connectivity index (χ0) is 25.9. The molecule has 0 fully saturated rings. The number of hydrogen-bond donors (Lipinski definition) is 0. The quantitative estimate of drug-likeness (QED) is 0.272. The molecule has 1 aliphatic heterocycles. The number of nitrogens with zero attached hydrogens (tertiary/aromatic N) is 4. The van der Waals surface area contributed by atoms with E-state index in [2.05, 4.69) is 47.9 Å². The number of rotatable bonds is 1. The fourth-order valence-electron chi connectivity index (χ4n) is 6.08. The molecule has 4 heteroatoms. The van der Waals surface area contributed by atoms with Crippen molar-refractivity contribution in [2.75, 3.05) is 0 Å². The summed E-state index contributed by atoms with van der Waals surface area (Å²) in [5.74, 6) is 0.861. The Balaban J connectivity index is 1.76. The van der Waals surface area contributed by atoms with Crippen LogP contribution in [0.4, 0.5) is 0 Å². The van der Waals surface area contributed by atoms with Gasteiger partial charge >= 0.3 is 0 Å². The van der Waals surface area contributed by atoms with E-state index in [1.165, 1.54) is 0 Å². The summed E-state index contributed by atoms with van der Waals surface area (Å²) in [7, 11) is 1.97. The fraction of sp³-hybridized carbons (Fsp3) is 0.200. The topological polar surface area (TPSA) is 26.1 Å². The van der Waals surface area contributed by atoms with Crippen LogP contribution in [0.3, 0.4) is 0 Å². The van der Waals surface area contributed by atoms with Gasteiger partial charge in [-0.15, -0.1) is 0 Å². The van der Waals surface area contributed by atoms with Gasteiger partial charge in [0.25, 0.3) is 0 Å². The average molecular weight is 447 g/mol.